The Morgan fingerprint density at radius 1 is 1.19 bits per heavy atom. The zero-order valence-electron chi connectivity index (χ0n) is 10.9. The van der Waals surface area contributed by atoms with Gasteiger partial charge in [-0.15, -0.1) is 0 Å². The predicted molar refractivity (Wildman–Crippen MR) is 70.7 cm³/mol. The normalized spacial score (nSPS) is 25.4. The molecule has 1 heterocycles. The molecule has 5 nitrogen and oxygen atoms in total. The van der Waals surface area contributed by atoms with Crippen LogP contribution in [0, 0.1) is 11.6 Å². The van der Waals surface area contributed by atoms with E-state index in [2.05, 4.69) is 10.3 Å². The molecule has 3 rings (SSSR count). The second kappa shape index (κ2) is 5.09. The average molecular weight is 296 g/mol. The molecule has 1 unspecified atom stereocenters. The molecule has 2 aromatic rings. The van der Waals surface area contributed by atoms with Gasteiger partial charge in [0.2, 0.25) is 0 Å². The standard InChI is InChI=1S/C14H14F2N2O3/c15-8-1-2-9(16)13-7(8)5-10(18-13)14(21)17-6-3-11(19)12(20)4-6/h1-2,5-6,11-12,18-20H,3-4H2,(H,17,21)/t6?,11-,12+. The summed E-state index contributed by atoms with van der Waals surface area (Å²) in [5.74, 6) is -1.79. The molecule has 112 valence electrons. The summed E-state index contributed by atoms with van der Waals surface area (Å²) >= 11 is 0. The van der Waals surface area contributed by atoms with Crippen molar-refractivity contribution in [1.29, 1.82) is 0 Å². The van der Waals surface area contributed by atoms with Gasteiger partial charge in [-0.1, -0.05) is 0 Å². The van der Waals surface area contributed by atoms with Gasteiger partial charge >= 0.3 is 0 Å². The number of aromatic amines is 1. The van der Waals surface area contributed by atoms with Crippen LogP contribution in [0.1, 0.15) is 23.3 Å². The molecule has 0 radical (unpaired) electrons. The number of amides is 1. The first-order chi connectivity index (χ1) is 9.95. The van der Waals surface area contributed by atoms with Crippen molar-refractivity contribution >= 4 is 16.8 Å². The molecule has 0 aliphatic heterocycles. The van der Waals surface area contributed by atoms with Crippen LogP contribution in [0.5, 0.6) is 0 Å². The van der Waals surface area contributed by atoms with Crippen LogP contribution in [0.4, 0.5) is 8.78 Å². The van der Waals surface area contributed by atoms with Gasteiger partial charge in [-0.3, -0.25) is 4.79 Å². The van der Waals surface area contributed by atoms with Crippen LogP contribution in [-0.4, -0.2) is 39.4 Å². The van der Waals surface area contributed by atoms with Gasteiger partial charge < -0.3 is 20.5 Å². The van der Waals surface area contributed by atoms with Gasteiger partial charge in [0.25, 0.3) is 5.91 Å². The smallest absolute Gasteiger partial charge is 0.267 e. The number of aromatic nitrogens is 1. The van der Waals surface area contributed by atoms with E-state index in [1.807, 2.05) is 0 Å². The molecular formula is C14H14F2N2O3. The molecule has 21 heavy (non-hydrogen) atoms. The number of benzene rings is 1. The second-order valence-electron chi connectivity index (χ2n) is 5.28. The summed E-state index contributed by atoms with van der Waals surface area (Å²) in [5.41, 5.74) is -0.0310. The van der Waals surface area contributed by atoms with E-state index in [4.69, 9.17) is 0 Å². The quantitative estimate of drug-likeness (QED) is 0.668. The first-order valence-corrected chi connectivity index (χ1v) is 6.59. The van der Waals surface area contributed by atoms with Crippen molar-refractivity contribution in [3.8, 4) is 0 Å². The highest BCUT2D eigenvalue weighted by Crippen LogP contribution is 2.23. The molecule has 1 aromatic heterocycles. The number of aliphatic hydroxyl groups excluding tert-OH is 2. The van der Waals surface area contributed by atoms with E-state index in [1.54, 1.807) is 0 Å². The molecule has 7 heteroatoms. The maximum absolute atomic E-state index is 13.6. The van der Waals surface area contributed by atoms with Gasteiger partial charge in [0.15, 0.2) is 0 Å². The Balaban J connectivity index is 1.82. The summed E-state index contributed by atoms with van der Waals surface area (Å²) in [6.45, 7) is 0. The van der Waals surface area contributed by atoms with Gasteiger partial charge in [0.05, 0.1) is 17.7 Å². The lowest BCUT2D eigenvalue weighted by atomic mass is 10.2. The maximum Gasteiger partial charge on any atom is 0.267 e. The second-order valence-corrected chi connectivity index (χ2v) is 5.28. The number of carbonyl (C=O) groups excluding carboxylic acids is 1. The van der Waals surface area contributed by atoms with Crippen LogP contribution in [0.25, 0.3) is 10.9 Å². The fraction of sp³-hybridized carbons (Fsp3) is 0.357. The SMILES string of the molecule is O=C(NC1C[C@@H](O)[C@@H](O)C1)c1cc2c(F)ccc(F)c2[nH]1. The topological polar surface area (TPSA) is 85.3 Å². The Bertz CT molecular complexity index is 652. The van der Waals surface area contributed by atoms with E-state index in [9.17, 15) is 23.8 Å². The van der Waals surface area contributed by atoms with Gasteiger partial charge in [-0.2, -0.15) is 0 Å². The molecule has 1 saturated carbocycles. The molecule has 1 amide bonds. The van der Waals surface area contributed by atoms with Crippen molar-refractivity contribution in [2.24, 2.45) is 0 Å². The van der Waals surface area contributed by atoms with Gasteiger partial charge in [0.1, 0.15) is 17.3 Å². The first kappa shape index (κ1) is 14.0. The minimum atomic E-state index is -0.868. The van der Waals surface area contributed by atoms with Crippen molar-refractivity contribution in [1.82, 2.24) is 10.3 Å². The van der Waals surface area contributed by atoms with E-state index in [0.29, 0.717) is 0 Å². The molecule has 0 bridgehead atoms. The summed E-state index contributed by atoms with van der Waals surface area (Å²) in [5, 5.41) is 21.5. The number of aliphatic hydroxyl groups is 2. The van der Waals surface area contributed by atoms with E-state index in [-0.39, 0.29) is 35.5 Å². The lowest BCUT2D eigenvalue weighted by Crippen LogP contribution is -2.33. The Morgan fingerprint density at radius 3 is 2.43 bits per heavy atom. The van der Waals surface area contributed by atoms with E-state index >= 15 is 0 Å². The highest BCUT2D eigenvalue weighted by Gasteiger charge is 2.32. The molecule has 0 saturated heterocycles. The number of fused-ring (bicyclic) bond motifs is 1. The largest absolute Gasteiger partial charge is 0.390 e. The number of H-pyrrole nitrogens is 1. The zero-order valence-corrected chi connectivity index (χ0v) is 10.9. The fourth-order valence-corrected chi connectivity index (χ4v) is 2.65. The fourth-order valence-electron chi connectivity index (χ4n) is 2.65. The molecule has 1 fully saturated rings. The first-order valence-electron chi connectivity index (χ1n) is 6.59. The van der Waals surface area contributed by atoms with Crippen LogP contribution in [0.15, 0.2) is 18.2 Å². The molecule has 1 aromatic carbocycles. The minimum Gasteiger partial charge on any atom is -0.390 e. The number of nitrogens with one attached hydrogen (secondary N) is 2. The lowest BCUT2D eigenvalue weighted by molar-refractivity contribution is 0.0438. The van der Waals surface area contributed by atoms with E-state index in [0.717, 1.165) is 12.1 Å². The molecule has 1 aliphatic rings. The average Bonchev–Trinajstić information content (AvgIpc) is 3.00. The monoisotopic (exact) mass is 296 g/mol. The molecule has 1 aliphatic carbocycles. The zero-order chi connectivity index (χ0) is 15.1. The van der Waals surface area contributed by atoms with Crippen LogP contribution >= 0.6 is 0 Å². The van der Waals surface area contributed by atoms with Gasteiger partial charge in [-0.05, 0) is 31.0 Å². The summed E-state index contributed by atoms with van der Waals surface area (Å²) in [4.78, 5) is 14.6. The Labute approximate surface area is 118 Å². The third-order valence-corrected chi connectivity index (χ3v) is 3.77. The molecule has 0 spiro atoms. The highest BCUT2D eigenvalue weighted by atomic mass is 19.1. The maximum atomic E-state index is 13.6. The van der Waals surface area contributed by atoms with Crippen molar-refractivity contribution in [2.45, 2.75) is 31.1 Å². The summed E-state index contributed by atoms with van der Waals surface area (Å²) in [6.07, 6.45) is -1.24. The number of hydrogen-bond donors (Lipinski definition) is 4. The Kier molecular flexibility index (Phi) is 3.38. The minimum absolute atomic E-state index is 0.00615. The number of hydrogen-bond acceptors (Lipinski definition) is 3. The van der Waals surface area contributed by atoms with E-state index < -0.39 is 29.7 Å². The number of carbonyl (C=O) groups is 1. The highest BCUT2D eigenvalue weighted by molar-refractivity contribution is 5.98. The third-order valence-electron chi connectivity index (χ3n) is 3.77. The van der Waals surface area contributed by atoms with Crippen LogP contribution < -0.4 is 5.32 Å². The van der Waals surface area contributed by atoms with Crippen molar-refractivity contribution in [3.05, 3.63) is 35.5 Å². The molecular weight excluding hydrogens is 282 g/mol. The summed E-state index contributed by atoms with van der Waals surface area (Å²) in [7, 11) is 0. The Morgan fingerprint density at radius 2 is 1.81 bits per heavy atom. The number of rotatable bonds is 2. The van der Waals surface area contributed by atoms with E-state index in [1.165, 1.54) is 6.07 Å². The lowest BCUT2D eigenvalue weighted by Gasteiger charge is -2.10. The van der Waals surface area contributed by atoms with Gasteiger partial charge in [0, 0.05) is 11.4 Å². The van der Waals surface area contributed by atoms with Crippen molar-refractivity contribution in [2.75, 3.05) is 0 Å². The van der Waals surface area contributed by atoms with Crippen molar-refractivity contribution in [3.63, 3.8) is 0 Å². The number of halogens is 2. The molecule has 4 N–H and O–H groups in total. The van der Waals surface area contributed by atoms with Gasteiger partial charge in [-0.25, -0.2) is 8.78 Å². The van der Waals surface area contributed by atoms with Crippen molar-refractivity contribution < 1.29 is 23.8 Å². The molecule has 3 atom stereocenters. The van der Waals surface area contributed by atoms with Crippen LogP contribution in [0.2, 0.25) is 0 Å². The summed E-state index contributed by atoms with van der Waals surface area (Å²) < 4.78 is 27.1. The van der Waals surface area contributed by atoms with Crippen LogP contribution in [0.3, 0.4) is 0 Å². The van der Waals surface area contributed by atoms with Crippen LogP contribution in [-0.2, 0) is 0 Å². The third kappa shape index (κ3) is 2.50. The predicted octanol–water partition coefficient (Wildman–Crippen LogP) is 1.06. The summed E-state index contributed by atoms with van der Waals surface area (Å²) in [6, 6.07) is 2.85. The Hall–Kier alpha value is -1.99.